The molecule has 0 spiro atoms. The Balaban J connectivity index is 1.48. The molecular formula is C29H48O. The van der Waals surface area contributed by atoms with Crippen LogP contribution >= 0.6 is 0 Å². The van der Waals surface area contributed by atoms with Gasteiger partial charge in [-0.3, -0.25) is 0 Å². The quantitative estimate of drug-likeness (QED) is 0.439. The monoisotopic (exact) mass is 412 g/mol. The molecule has 0 aromatic heterocycles. The first-order valence-electron chi connectivity index (χ1n) is 13.2. The lowest BCUT2D eigenvalue weighted by molar-refractivity contribution is -0.0574. The molecule has 0 bridgehead atoms. The Hall–Kier alpha value is -0.560. The molecule has 0 saturated heterocycles. The van der Waals surface area contributed by atoms with E-state index in [1.807, 2.05) is 0 Å². The van der Waals surface area contributed by atoms with Gasteiger partial charge in [-0.25, -0.2) is 0 Å². The van der Waals surface area contributed by atoms with Gasteiger partial charge in [0, 0.05) is 0 Å². The molecule has 0 aromatic carbocycles. The van der Waals surface area contributed by atoms with Gasteiger partial charge in [0.2, 0.25) is 0 Å². The molecule has 9 atom stereocenters. The first kappa shape index (κ1) is 22.6. The summed E-state index contributed by atoms with van der Waals surface area (Å²) in [5.41, 5.74) is 3.93. The highest BCUT2D eigenvalue weighted by atomic mass is 16.3. The van der Waals surface area contributed by atoms with E-state index in [9.17, 15) is 5.11 Å². The number of rotatable bonds is 6. The maximum absolute atomic E-state index is 10.2. The summed E-state index contributed by atoms with van der Waals surface area (Å²) in [6, 6.07) is 0. The van der Waals surface area contributed by atoms with E-state index in [2.05, 4.69) is 47.3 Å². The highest BCUT2D eigenvalue weighted by Crippen LogP contribution is 2.67. The Morgan fingerprint density at radius 2 is 1.90 bits per heavy atom. The van der Waals surface area contributed by atoms with E-state index in [4.69, 9.17) is 0 Å². The summed E-state index contributed by atoms with van der Waals surface area (Å²) in [7, 11) is 0. The number of aliphatic hydroxyl groups is 1. The summed E-state index contributed by atoms with van der Waals surface area (Å²) in [6.07, 6.45) is 16.7. The Kier molecular flexibility index (Phi) is 6.35. The maximum atomic E-state index is 10.2. The number of allylic oxidation sites excluding steroid dienone is 2. The molecule has 0 heterocycles. The Morgan fingerprint density at radius 1 is 1.13 bits per heavy atom. The lowest BCUT2D eigenvalue weighted by Gasteiger charge is -2.58. The summed E-state index contributed by atoms with van der Waals surface area (Å²) in [4.78, 5) is 0. The van der Waals surface area contributed by atoms with Gasteiger partial charge in [0.15, 0.2) is 0 Å². The minimum atomic E-state index is -0.0856. The van der Waals surface area contributed by atoms with Crippen LogP contribution in [-0.4, -0.2) is 11.2 Å². The van der Waals surface area contributed by atoms with Crippen molar-refractivity contribution in [3.63, 3.8) is 0 Å². The topological polar surface area (TPSA) is 20.2 Å². The fraction of sp³-hybridized carbons (Fsp3) is 0.862. The zero-order chi connectivity index (χ0) is 21.7. The van der Waals surface area contributed by atoms with E-state index in [0.29, 0.717) is 10.8 Å². The molecule has 3 fully saturated rings. The molecule has 170 valence electrons. The van der Waals surface area contributed by atoms with Crippen LogP contribution in [0, 0.1) is 46.3 Å². The van der Waals surface area contributed by atoms with Crippen LogP contribution in [0.5, 0.6) is 0 Å². The summed E-state index contributed by atoms with van der Waals surface area (Å²) >= 11 is 0. The molecule has 3 saturated carbocycles. The van der Waals surface area contributed by atoms with E-state index in [0.717, 1.165) is 48.3 Å². The first-order chi connectivity index (χ1) is 14.2. The fourth-order valence-corrected chi connectivity index (χ4v) is 9.08. The smallest absolute Gasteiger partial charge is 0.0577 e. The van der Waals surface area contributed by atoms with Gasteiger partial charge in [-0.15, -0.1) is 0 Å². The minimum Gasteiger partial charge on any atom is -0.393 e. The molecule has 4 aliphatic carbocycles. The van der Waals surface area contributed by atoms with Crippen LogP contribution in [0.15, 0.2) is 23.8 Å². The van der Waals surface area contributed by atoms with E-state index in [-0.39, 0.29) is 6.10 Å². The van der Waals surface area contributed by atoms with Crippen molar-refractivity contribution in [2.75, 3.05) is 0 Å². The zero-order valence-electron chi connectivity index (χ0n) is 20.6. The van der Waals surface area contributed by atoms with Gasteiger partial charge in [-0.1, -0.05) is 51.5 Å². The van der Waals surface area contributed by atoms with Crippen LogP contribution in [0.2, 0.25) is 0 Å². The molecule has 0 aliphatic heterocycles. The Labute approximate surface area is 186 Å². The van der Waals surface area contributed by atoms with Crippen LogP contribution in [0.3, 0.4) is 0 Å². The Morgan fingerprint density at radius 3 is 2.60 bits per heavy atom. The normalized spacial score (nSPS) is 45.0. The highest BCUT2D eigenvalue weighted by Gasteiger charge is 2.59. The van der Waals surface area contributed by atoms with Crippen LogP contribution < -0.4 is 0 Å². The van der Waals surface area contributed by atoms with Crippen molar-refractivity contribution in [2.45, 2.75) is 111 Å². The number of hydrogen-bond acceptors (Lipinski definition) is 1. The standard InChI is InChI=1S/C29H48O/c1-7-21(19(2)3)9-8-20(4)25-12-13-26-24-11-10-22-18-23(30)14-16-28(22,5)27(24)15-17-29(25,26)6/h10,20-21,23-27,30H,2,7-9,11-18H2,1,3-6H3/t20-,21+,23+,24-,25-,26-,27-,28+,29-/m1/s1. The second-order valence-corrected chi connectivity index (χ2v) is 12.4. The Bertz CT molecular complexity index is 676. The molecule has 1 nitrogen and oxygen atoms in total. The van der Waals surface area contributed by atoms with Crippen LogP contribution in [0.25, 0.3) is 0 Å². The molecule has 0 unspecified atom stereocenters. The van der Waals surface area contributed by atoms with Crippen molar-refractivity contribution in [1.29, 1.82) is 0 Å². The molecule has 4 rings (SSSR count). The molecule has 0 aromatic rings. The SMILES string of the molecule is C=C(C)[C@@H](CC)CC[C@@H](C)[C@H]1CC[C@@H]2[C@H]3CC=C4C[C@@H](O)CC[C@]4(C)[C@@H]3CC[C@@]21C. The third-order valence-electron chi connectivity index (χ3n) is 11.0. The predicted octanol–water partition coefficient (Wildman–Crippen LogP) is 7.94. The second-order valence-electron chi connectivity index (χ2n) is 12.4. The number of fused-ring (bicyclic) bond motifs is 5. The highest BCUT2D eigenvalue weighted by molar-refractivity contribution is 5.25. The van der Waals surface area contributed by atoms with Crippen molar-refractivity contribution in [2.24, 2.45) is 46.3 Å². The summed E-state index contributed by atoms with van der Waals surface area (Å²) < 4.78 is 0. The third-order valence-corrected chi connectivity index (χ3v) is 11.0. The molecule has 4 aliphatic rings. The lowest BCUT2D eigenvalue weighted by Crippen LogP contribution is -2.50. The van der Waals surface area contributed by atoms with Crippen LogP contribution in [0.4, 0.5) is 0 Å². The van der Waals surface area contributed by atoms with Crippen molar-refractivity contribution < 1.29 is 5.11 Å². The van der Waals surface area contributed by atoms with Crippen molar-refractivity contribution in [3.05, 3.63) is 23.8 Å². The van der Waals surface area contributed by atoms with E-state index in [1.165, 1.54) is 63.4 Å². The van der Waals surface area contributed by atoms with E-state index < -0.39 is 0 Å². The van der Waals surface area contributed by atoms with Crippen molar-refractivity contribution in [1.82, 2.24) is 0 Å². The van der Waals surface area contributed by atoms with Crippen LogP contribution in [0.1, 0.15) is 105 Å². The summed E-state index contributed by atoms with van der Waals surface area (Å²) in [6.45, 7) is 16.6. The van der Waals surface area contributed by atoms with Crippen molar-refractivity contribution >= 4 is 0 Å². The molecule has 1 heteroatoms. The average molecular weight is 413 g/mol. The van der Waals surface area contributed by atoms with Crippen LogP contribution in [-0.2, 0) is 0 Å². The molecule has 30 heavy (non-hydrogen) atoms. The number of aliphatic hydroxyl groups excluding tert-OH is 1. The van der Waals surface area contributed by atoms with Gasteiger partial charge in [0.05, 0.1) is 6.10 Å². The van der Waals surface area contributed by atoms with Gasteiger partial charge in [0.1, 0.15) is 0 Å². The molecule has 0 amide bonds. The zero-order valence-corrected chi connectivity index (χ0v) is 20.6. The van der Waals surface area contributed by atoms with Crippen molar-refractivity contribution in [3.8, 4) is 0 Å². The first-order valence-corrected chi connectivity index (χ1v) is 13.2. The second kappa shape index (κ2) is 8.42. The molecule has 1 N–H and O–H groups in total. The lowest BCUT2D eigenvalue weighted by atomic mass is 9.47. The predicted molar refractivity (Wildman–Crippen MR) is 128 cm³/mol. The maximum Gasteiger partial charge on any atom is 0.0577 e. The molecular weight excluding hydrogens is 364 g/mol. The largest absolute Gasteiger partial charge is 0.393 e. The number of hydrogen-bond donors (Lipinski definition) is 1. The van der Waals surface area contributed by atoms with Gasteiger partial charge in [-0.2, -0.15) is 0 Å². The van der Waals surface area contributed by atoms with Gasteiger partial charge in [0.25, 0.3) is 0 Å². The van der Waals surface area contributed by atoms with E-state index in [1.54, 1.807) is 5.57 Å². The minimum absolute atomic E-state index is 0.0856. The third kappa shape index (κ3) is 3.66. The van der Waals surface area contributed by atoms with Gasteiger partial charge >= 0.3 is 0 Å². The van der Waals surface area contributed by atoms with Gasteiger partial charge in [-0.05, 0) is 124 Å². The van der Waals surface area contributed by atoms with E-state index >= 15 is 0 Å². The summed E-state index contributed by atoms with van der Waals surface area (Å²) in [5, 5.41) is 10.2. The average Bonchev–Trinajstić information content (AvgIpc) is 3.06. The summed E-state index contributed by atoms with van der Waals surface area (Å²) in [5.74, 6) is 5.16. The molecule has 0 radical (unpaired) electrons. The van der Waals surface area contributed by atoms with Gasteiger partial charge < -0.3 is 5.11 Å². The fourth-order valence-electron chi connectivity index (χ4n) is 9.08.